The molecule has 0 fully saturated rings. The number of pyridine rings is 1. The van der Waals surface area contributed by atoms with Crippen LogP contribution >= 0.6 is 22.6 Å². The molecule has 21 heavy (non-hydrogen) atoms. The third-order valence-corrected chi connectivity index (χ3v) is 3.46. The number of rotatable bonds is 5. The zero-order valence-electron chi connectivity index (χ0n) is 12.0. The molecule has 0 atom stereocenters. The number of nitrogens with zero attached hydrogens (tertiary/aromatic N) is 1. The Morgan fingerprint density at radius 2 is 2.05 bits per heavy atom. The van der Waals surface area contributed by atoms with Gasteiger partial charge in [0.2, 0.25) is 0 Å². The van der Waals surface area contributed by atoms with Crippen LogP contribution in [0.4, 0.5) is 5.82 Å². The fraction of sp³-hybridized carbons (Fsp3) is 0.250. The Labute approximate surface area is 138 Å². The fourth-order valence-electron chi connectivity index (χ4n) is 1.77. The quantitative estimate of drug-likeness (QED) is 0.777. The fourth-order valence-corrected chi connectivity index (χ4v) is 2.38. The van der Waals surface area contributed by atoms with Gasteiger partial charge in [-0.1, -0.05) is 6.92 Å². The summed E-state index contributed by atoms with van der Waals surface area (Å²) in [6.07, 6.45) is 2.69. The number of carbonyl (C=O) groups excluding carboxylic acids is 1. The van der Waals surface area contributed by atoms with Crippen molar-refractivity contribution in [2.75, 3.05) is 11.9 Å². The normalized spacial score (nSPS) is 10.2. The topological polar surface area (TPSA) is 51.2 Å². The largest absolute Gasteiger partial charge is 0.494 e. The van der Waals surface area contributed by atoms with E-state index in [1.807, 2.05) is 13.0 Å². The van der Waals surface area contributed by atoms with E-state index in [1.165, 1.54) is 0 Å². The van der Waals surface area contributed by atoms with E-state index in [0.29, 0.717) is 18.0 Å². The SMILES string of the molecule is CCCOc1ccc(C(=O)Nc2ncc(I)cc2C)cc1. The van der Waals surface area contributed by atoms with Crippen molar-refractivity contribution in [3.05, 3.63) is 51.2 Å². The van der Waals surface area contributed by atoms with Crippen molar-refractivity contribution >= 4 is 34.3 Å². The molecule has 0 saturated heterocycles. The number of carbonyl (C=O) groups is 1. The third-order valence-electron chi connectivity index (χ3n) is 2.87. The molecule has 5 heteroatoms. The van der Waals surface area contributed by atoms with Gasteiger partial charge in [0.15, 0.2) is 0 Å². The number of benzene rings is 1. The van der Waals surface area contributed by atoms with E-state index < -0.39 is 0 Å². The average Bonchev–Trinajstić information content (AvgIpc) is 2.48. The average molecular weight is 396 g/mol. The third kappa shape index (κ3) is 4.42. The van der Waals surface area contributed by atoms with Gasteiger partial charge in [-0.15, -0.1) is 0 Å². The maximum absolute atomic E-state index is 12.2. The highest BCUT2D eigenvalue weighted by Crippen LogP contribution is 2.17. The van der Waals surface area contributed by atoms with E-state index >= 15 is 0 Å². The van der Waals surface area contributed by atoms with Crippen LogP contribution in [-0.4, -0.2) is 17.5 Å². The highest BCUT2D eigenvalue weighted by Gasteiger charge is 2.09. The van der Waals surface area contributed by atoms with E-state index in [2.05, 4.69) is 39.8 Å². The van der Waals surface area contributed by atoms with Crippen LogP contribution in [0, 0.1) is 10.5 Å². The van der Waals surface area contributed by atoms with Crippen LogP contribution in [0.3, 0.4) is 0 Å². The first-order valence-corrected chi connectivity index (χ1v) is 7.84. The Morgan fingerprint density at radius 3 is 2.67 bits per heavy atom. The molecule has 1 amide bonds. The summed E-state index contributed by atoms with van der Waals surface area (Å²) in [5.41, 5.74) is 1.52. The van der Waals surface area contributed by atoms with Crippen molar-refractivity contribution in [3.63, 3.8) is 0 Å². The molecule has 1 aromatic heterocycles. The summed E-state index contributed by atoms with van der Waals surface area (Å²) in [5, 5.41) is 2.82. The van der Waals surface area contributed by atoms with Gasteiger partial charge in [-0.2, -0.15) is 0 Å². The Bertz CT molecular complexity index is 627. The van der Waals surface area contributed by atoms with Gasteiger partial charge in [0.05, 0.1) is 6.61 Å². The van der Waals surface area contributed by atoms with Crippen molar-refractivity contribution < 1.29 is 9.53 Å². The van der Waals surface area contributed by atoms with Crippen LogP contribution in [0.25, 0.3) is 0 Å². The summed E-state index contributed by atoms with van der Waals surface area (Å²) in [5.74, 6) is 1.19. The van der Waals surface area contributed by atoms with Gasteiger partial charge < -0.3 is 10.1 Å². The van der Waals surface area contributed by atoms with E-state index in [9.17, 15) is 4.79 Å². The smallest absolute Gasteiger partial charge is 0.256 e. The second kappa shape index (κ2) is 7.40. The number of aromatic nitrogens is 1. The number of anilines is 1. The molecular weight excluding hydrogens is 379 g/mol. The minimum absolute atomic E-state index is 0.172. The molecule has 0 bridgehead atoms. The second-order valence-electron chi connectivity index (χ2n) is 4.65. The number of halogens is 1. The zero-order valence-corrected chi connectivity index (χ0v) is 14.2. The Kier molecular flexibility index (Phi) is 5.55. The summed E-state index contributed by atoms with van der Waals surface area (Å²) in [4.78, 5) is 16.4. The molecule has 1 heterocycles. The van der Waals surface area contributed by atoms with E-state index in [1.54, 1.807) is 30.5 Å². The number of aryl methyl sites for hydroxylation is 1. The molecule has 0 unspecified atom stereocenters. The van der Waals surface area contributed by atoms with Crippen LogP contribution in [0.5, 0.6) is 5.75 Å². The molecule has 0 aliphatic carbocycles. The van der Waals surface area contributed by atoms with Crippen LogP contribution in [0.2, 0.25) is 0 Å². The highest BCUT2D eigenvalue weighted by atomic mass is 127. The summed E-state index contributed by atoms with van der Waals surface area (Å²) in [6, 6.07) is 9.09. The summed E-state index contributed by atoms with van der Waals surface area (Å²) in [7, 11) is 0. The lowest BCUT2D eigenvalue weighted by Gasteiger charge is -2.08. The standard InChI is InChI=1S/C16H17IN2O2/c1-3-8-21-14-6-4-12(5-7-14)16(20)19-15-11(2)9-13(17)10-18-15/h4-7,9-10H,3,8H2,1-2H3,(H,18,19,20). The molecule has 110 valence electrons. The molecular formula is C16H17IN2O2. The van der Waals surface area contributed by atoms with Gasteiger partial charge in [-0.05, 0) is 71.8 Å². The van der Waals surface area contributed by atoms with Crippen molar-refractivity contribution in [2.24, 2.45) is 0 Å². The lowest BCUT2D eigenvalue weighted by atomic mass is 10.2. The summed E-state index contributed by atoms with van der Waals surface area (Å²) in [6.45, 7) is 4.65. The predicted molar refractivity (Wildman–Crippen MR) is 91.9 cm³/mol. The van der Waals surface area contributed by atoms with Gasteiger partial charge in [-0.25, -0.2) is 4.98 Å². The van der Waals surface area contributed by atoms with Gasteiger partial charge in [0, 0.05) is 15.3 Å². The molecule has 4 nitrogen and oxygen atoms in total. The van der Waals surface area contributed by atoms with Crippen LogP contribution < -0.4 is 10.1 Å². The highest BCUT2D eigenvalue weighted by molar-refractivity contribution is 14.1. The predicted octanol–water partition coefficient (Wildman–Crippen LogP) is 4.04. The number of nitrogens with one attached hydrogen (secondary N) is 1. The number of hydrogen-bond donors (Lipinski definition) is 1. The Balaban J connectivity index is 2.06. The summed E-state index contributed by atoms with van der Waals surface area (Å²) < 4.78 is 6.54. The first-order chi connectivity index (χ1) is 10.1. The molecule has 0 aliphatic heterocycles. The minimum Gasteiger partial charge on any atom is -0.494 e. The maximum Gasteiger partial charge on any atom is 0.256 e. The molecule has 1 aromatic carbocycles. The van der Waals surface area contributed by atoms with Gasteiger partial charge in [-0.3, -0.25) is 4.79 Å². The van der Waals surface area contributed by atoms with Crippen LogP contribution in [-0.2, 0) is 0 Å². The van der Waals surface area contributed by atoms with Gasteiger partial charge >= 0.3 is 0 Å². The van der Waals surface area contributed by atoms with Crippen LogP contribution in [0.15, 0.2) is 36.5 Å². The molecule has 0 aliphatic rings. The molecule has 0 saturated carbocycles. The van der Waals surface area contributed by atoms with Crippen LogP contribution in [0.1, 0.15) is 29.3 Å². The summed E-state index contributed by atoms with van der Waals surface area (Å²) >= 11 is 2.19. The molecule has 0 spiro atoms. The Morgan fingerprint density at radius 1 is 1.33 bits per heavy atom. The van der Waals surface area contributed by atoms with Crippen molar-refractivity contribution in [1.29, 1.82) is 0 Å². The molecule has 1 N–H and O–H groups in total. The number of amides is 1. The monoisotopic (exact) mass is 396 g/mol. The zero-order chi connectivity index (χ0) is 15.2. The lowest BCUT2D eigenvalue weighted by Crippen LogP contribution is -2.14. The van der Waals surface area contributed by atoms with Crippen molar-refractivity contribution in [1.82, 2.24) is 4.98 Å². The maximum atomic E-state index is 12.2. The first kappa shape index (κ1) is 15.8. The van der Waals surface area contributed by atoms with Crippen molar-refractivity contribution in [3.8, 4) is 5.75 Å². The lowest BCUT2D eigenvalue weighted by molar-refractivity contribution is 0.102. The molecule has 2 rings (SSSR count). The number of ether oxygens (including phenoxy) is 1. The second-order valence-corrected chi connectivity index (χ2v) is 5.89. The Hall–Kier alpha value is -1.63. The van der Waals surface area contributed by atoms with E-state index in [0.717, 1.165) is 21.3 Å². The molecule has 0 radical (unpaired) electrons. The van der Waals surface area contributed by atoms with E-state index in [-0.39, 0.29) is 5.91 Å². The first-order valence-electron chi connectivity index (χ1n) is 6.76. The number of hydrogen-bond acceptors (Lipinski definition) is 3. The van der Waals surface area contributed by atoms with Crippen molar-refractivity contribution in [2.45, 2.75) is 20.3 Å². The molecule has 2 aromatic rings. The minimum atomic E-state index is -0.172. The van der Waals surface area contributed by atoms with Gasteiger partial charge in [0.25, 0.3) is 5.91 Å². The van der Waals surface area contributed by atoms with Gasteiger partial charge in [0.1, 0.15) is 11.6 Å². The van der Waals surface area contributed by atoms with E-state index in [4.69, 9.17) is 4.74 Å².